The van der Waals surface area contributed by atoms with Crippen LogP contribution >= 0.6 is 0 Å². The molecule has 7 unspecified atom stereocenters. The lowest BCUT2D eigenvalue weighted by molar-refractivity contribution is -0.130. The number of hydrogen-bond donors (Lipinski definition) is 0. The van der Waals surface area contributed by atoms with Crippen LogP contribution in [0.5, 0.6) is 0 Å². The van der Waals surface area contributed by atoms with Gasteiger partial charge in [0.15, 0.2) is 0 Å². The molecule has 4 aliphatic carbocycles. The van der Waals surface area contributed by atoms with E-state index < -0.39 is 30.5 Å². The number of ether oxygens (including phenoxy) is 1. The normalized spacial score (nSPS) is 47.7. The molecule has 0 N–H and O–H groups in total. The lowest BCUT2D eigenvalue weighted by atomic mass is 9.59. The van der Waals surface area contributed by atoms with E-state index in [1.807, 2.05) is 6.92 Å². The number of rotatable bonds is 7. The molecule has 7 atom stereocenters. The Morgan fingerprint density at radius 3 is 1.88 bits per heavy atom. The maximum atomic E-state index is 15.3. The van der Waals surface area contributed by atoms with Crippen molar-refractivity contribution in [2.24, 2.45) is 41.4 Å². The summed E-state index contributed by atoms with van der Waals surface area (Å²) >= 11 is 0. The van der Waals surface area contributed by atoms with Crippen molar-refractivity contribution in [1.82, 2.24) is 0 Å². The number of halogens is 3. The number of unbranched alkanes of at least 4 members (excludes halogenated alkanes) is 1. The zero-order valence-corrected chi connectivity index (χ0v) is 20.5. The van der Waals surface area contributed by atoms with Crippen molar-refractivity contribution in [3.63, 3.8) is 0 Å². The van der Waals surface area contributed by atoms with E-state index in [1.54, 1.807) is 0 Å². The predicted octanol–water partition coefficient (Wildman–Crippen LogP) is 8.25. The van der Waals surface area contributed by atoms with Crippen molar-refractivity contribution in [1.29, 1.82) is 0 Å². The van der Waals surface area contributed by atoms with Gasteiger partial charge in [0.2, 0.25) is 0 Å². The number of hydrogen-bond acceptors (Lipinski definition) is 1. The third-order valence-corrected chi connectivity index (χ3v) is 10.1. The second-order valence-electron chi connectivity index (χ2n) is 11.7. The van der Waals surface area contributed by atoms with Crippen LogP contribution in [0.25, 0.3) is 0 Å². The summed E-state index contributed by atoms with van der Waals surface area (Å²) in [7, 11) is 0. The standard InChI is InChI=1S/C28H47F3O/c1-3-5-6-18-7-9-19(10-8-18)20-11-13-21(14-12-20)23-17-22-15-16-24(32-4-2)27(30)25(22)28(31)26(23)29/h18-28H,3-17H2,1-2H3. The second kappa shape index (κ2) is 11.5. The van der Waals surface area contributed by atoms with Crippen LogP contribution in [0.1, 0.15) is 104 Å². The predicted molar refractivity (Wildman–Crippen MR) is 125 cm³/mol. The van der Waals surface area contributed by atoms with Crippen molar-refractivity contribution in [3.8, 4) is 0 Å². The van der Waals surface area contributed by atoms with Crippen molar-refractivity contribution < 1.29 is 17.9 Å². The van der Waals surface area contributed by atoms with Crippen LogP contribution in [-0.2, 0) is 4.74 Å². The van der Waals surface area contributed by atoms with Crippen LogP contribution < -0.4 is 0 Å². The SMILES string of the molecule is CCCCC1CCC(C2CCC(C3CC4CCC(OCC)C(F)C4C(F)C3F)CC2)CC1. The van der Waals surface area contributed by atoms with Gasteiger partial charge in [-0.05, 0) is 100 Å². The summed E-state index contributed by atoms with van der Waals surface area (Å²) in [6.07, 6.45) is 11.2. The summed E-state index contributed by atoms with van der Waals surface area (Å²) in [6, 6.07) is 0. The van der Waals surface area contributed by atoms with E-state index >= 15 is 8.78 Å². The molecule has 4 saturated carbocycles. The molecule has 0 aromatic carbocycles. The lowest BCUT2D eigenvalue weighted by Crippen LogP contribution is -2.54. The minimum atomic E-state index is -1.66. The molecule has 0 radical (unpaired) electrons. The van der Waals surface area contributed by atoms with E-state index in [9.17, 15) is 4.39 Å². The van der Waals surface area contributed by atoms with Gasteiger partial charge >= 0.3 is 0 Å². The Morgan fingerprint density at radius 2 is 1.25 bits per heavy atom. The summed E-state index contributed by atoms with van der Waals surface area (Å²) in [5.74, 6) is 1.89. The van der Waals surface area contributed by atoms with E-state index in [4.69, 9.17) is 4.74 Å². The summed E-state index contributed by atoms with van der Waals surface area (Å²) in [5, 5.41) is 0. The van der Waals surface area contributed by atoms with Gasteiger partial charge in [-0.15, -0.1) is 0 Å². The molecule has 4 rings (SSSR count). The fraction of sp³-hybridized carbons (Fsp3) is 1.00. The van der Waals surface area contributed by atoms with E-state index in [0.29, 0.717) is 25.4 Å². The quantitative estimate of drug-likeness (QED) is 0.375. The second-order valence-corrected chi connectivity index (χ2v) is 11.7. The molecule has 4 aliphatic rings. The zero-order valence-electron chi connectivity index (χ0n) is 20.5. The smallest absolute Gasteiger partial charge is 0.137 e. The van der Waals surface area contributed by atoms with E-state index in [0.717, 1.165) is 37.0 Å². The van der Waals surface area contributed by atoms with Crippen molar-refractivity contribution in [3.05, 3.63) is 0 Å². The first-order valence-electron chi connectivity index (χ1n) is 14.1. The highest BCUT2D eigenvalue weighted by atomic mass is 19.2. The van der Waals surface area contributed by atoms with Gasteiger partial charge in [0.1, 0.15) is 18.5 Å². The third kappa shape index (κ3) is 5.36. The molecule has 0 bridgehead atoms. The highest BCUT2D eigenvalue weighted by Crippen LogP contribution is 2.52. The molecule has 0 amide bonds. The first-order valence-corrected chi connectivity index (χ1v) is 14.1. The molecule has 0 heterocycles. The molecule has 186 valence electrons. The monoisotopic (exact) mass is 456 g/mol. The zero-order chi connectivity index (χ0) is 22.7. The molecule has 1 nitrogen and oxygen atoms in total. The van der Waals surface area contributed by atoms with Gasteiger partial charge in [0.25, 0.3) is 0 Å². The summed E-state index contributed by atoms with van der Waals surface area (Å²) < 4.78 is 51.0. The Hall–Kier alpha value is -0.250. The molecule has 0 spiro atoms. The highest BCUT2D eigenvalue weighted by molar-refractivity contribution is 5.02. The summed E-state index contributed by atoms with van der Waals surface area (Å²) in [4.78, 5) is 0. The Kier molecular flexibility index (Phi) is 8.90. The van der Waals surface area contributed by atoms with Crippen molar-refractivity contribution >= 4 is 0 Å². The fourth-order valence-corrected chi connectivity index (χ4v) is 8.20. The molecular formula is C28H47F3O. The van der Waals surface area contributed by atoms with Crippen molar-refractivity contribution in [2.45, 2.75) is 128 Å². The topological polar surface area (TPSA) is 9.23 Å². The Balaban J connectivity index is 1.27. The molecule has 0 aromatic heterocycles. The summed E-state index contributed by atoms with van der Waals surface area (Å²) in [5.41, 5.74) is 0. The van der Waals surface area contributed by atoms with Gasteiger partial charge in [-0.1, -0.05) is 39.0 Å². The molecule has 4 fully saturated rings. The fourth-order valence-electron chi connectivity index (χ4n) is 8.20. The van der Waals surface area contributed by atoms with Crippen LogP contribution in [0.3, 0.4) is 0 Å². The van der Waals surface area contributed by atoms with E-state index in [2.05, 4.69) is 6.92 Å². The molecule has 4 heteroatoms. The van der Waals surface area contributed by atoms with Crippen LogP contribution in [-0.4, -0.2) is 31.2 Å². The molecule has 32 heavy (non-hydrogen) atoms. The van der Waals surface area contributed by atoms with Crippen LogP contribution in [0.4, 0.5) is 13.2 Å². The van der Waals surface area contributed by atoms with Gasteiger partial charge in [-0.2, -0.15) is 0 Å². The van der Waals surface area contributed by atoms with Crippen LogP contribution in [0.15, 0.2) is 0 Å². The van der Waals surface area contributed by atoms with Gasteiger partial charge in [-0.25, -0.2) is 13.2 Å². The minimum absolute atomic E-state index is 0.00942. The first-order chi connectivity index (χ1) is 15.5. The van der Waals surface area contributed by atoms with Crippen LogP contribution in [0, 0.1) is 41.4 Å². The molecule has 0 aliphatic heterocycles. The van der Waals surface area contributed by atoms with Crippen LogP contribution in [0.2, 0.25) is 0 Å². The largest absolute Gasteiger partial charge is 0.375 e. The Morgan fingerprint density at radius 1 is 0.656 bits per heavy atom. The molecular weight excluding hydrogens is 409 g/mol. The average molecular weight is 457 g/mol. The van der Waals surface area contributed by atoms with E-state index in [-0.39, 0.29) is 11.8 Å². The van der Waals surface area contributed by atoms with E-state index in [1.165, 1.54) is 57.8 Å². The molecule has 0 aromatic rings. The maximum absolute atomic E-state index is 15.3. The minimum Gasteiger partial charge on any atom is -0.375 e. The first kappa shape index (κ1) is 24.9. The number of fused-ring (bicyclic) bond motifs is 1. The molecule has 0 saturated heterocycles. The average Bonchev–Trinajstić information content (AvgIpc) is 2.82. The third-order valence-electron chi connectivity index (χ3n) is 10.1. The Labute approximate surface area is 194 Å². The van der Waals surface area contributed by atoms with Gasteiger partial charge in [0.05, 0.1) is 6.10 Å². The van der Waals surface area contributed by atoms with Gasteiger partial charge in [0, 0.05) is 12.5 Å². The number of alkyl halides is 3. The van der Waals surface area contributed by atoms with Gasteiger partial charge < -0.3 is 4.74 Å². The van der Waals surface area contributed by atoms with Crippen molar-refractivity contribution in [2.75, 3.05) is 6.61 Å². The Bertz CT molecular complexity index is 553. The van der Waals surface area contributed by atoms with Gasteiger partial charge in [-0.3, -0.25) is 0 Å². The maximum Gasteiger partial charge on any atom is 0.137 e. The summed E-state index contributed by atoms with van der Waals surface area (Å²) in [6.45, 7) is 4.56. The lowest BCUT2D eigenvalue weighted by Gasteiger charge is -2.49. The highest BCUT2D eigenvalue weighted by Gasteiger charge is 2.54.